The van der Waals surface area contributed by atoms with Crippen LogP contribution in [-0.2, 0) is 19.5 Å². The van der Waals surface area contributed by atoms with Crippen molar-refractivity contribution in [2.45, 2.75) is 32.4 Å². The molecule has 4 N–H and O–H groups in total. The molecule has 168 valence electrons. The number of carbonyl (C=O) groups excluding carboxylic acids is 1. The SMILES string of the molecule is NCc1cccc(-c2cc(C(=O)Nc3ccccc3CCO)cc3c2cnn3CC2CC2)c1. The summed E-state index contributed by atoms with van der Waals surface area (Å²) in [5.41, 5.74) is 12.1. The molecule has 3 aromatic carbocycles. The van der Waals surface area contributed by atoms with E-state index in [1.165, 1.54) is 12.8 Å². The van der Waals surface area contributed by atoms with Crippen molar-refractivity contribution in [3.05, 3.63) is 83.6 Å². The highest BCUT2D eigenvalue weighted by molar-refractivity contribution is 6.09. The Morgan fingerprint density at radius 2 is 1.97 bits per heavy atom. The number of fused-ring (bicyclic) bond motifs is 1. The number of hydrogen-bond acceptors (Lipinski definition) is 4. The monoisotopic (exact) mass is 440 g/mol. The number of carbonyl (C=O) groups is 1. The topological polar surface area (TPSA) is 93.2 Å². The Kier molecular flexibility index (Phi) is 5.94. The van der Waals surface area contributed by atoms with Gasteiger partial charge in [-0.3, -0.25) is 9.48 Å². The molecule has 1 aliphatic rings. The molecule has 33 heavy (non-hydrogen) atoms. The quantitative estimate of drug-likeness (QED) is 0.380. The fourth-order valence-corrected chi connectivity index (χ4v) is 4.28. The maximum Gasteiger partial charge on any atom is 0.255 e. The molecule has 6 heteroatoms. The highest BCUT2D eigenvalue weighted by atomic mass is 16.3. The average molecular weight is 441 g/mol. The number of nitrogens with one attached hydrogen (secondary N) is 1. The molecule has 1 aromatic heterocycles. The van der Waals surface area contributed by atoms with Crippen molar-refractivity contribution in [3.8, 4) is 11.1 Å². The molecule has 1 saturated carbocycles. The summed E-state index contributed by atoms with van der Waals surface area (Å²) in [6.45, 7) is 1.36. The molecular weight excluding hydrogens is 412 g/mol. The summed E-state index contributed by atoms with van der Waals surface area (Å²) in [7, 11) is 0. The molecular formula is C27H28N4O2. The normalized spacial score (nSPS) is 13.4. The number of aromatic nitrogens is 2. The van der Waals surface area contributed by atoms with Crippen LogP contribution in [0.5, 0.6) is 0 Å². The zero-order valence-corrected chi connectivity index (χ0v) is 18.5. The lowest BCUT2D eigenvalue weighted by molar-refractivity contribution is 0.102. The van der Waals surface area contributed by atoms with Crippen molar-refractivity contribution in [3.63, 3.8) is 0 Å². The molecule has 6 nitrogen and oxygen atoms in total. The average Bonchev–Trinajstić information content (AvgIpc) is 3.58. The maximum absolute atomic E-state index is 13.4. The molecule has 1 fully saturated rings. The van der Waals surface area contributed by atoms with Gasteiger partial charge < -0.3 is 16.2 Å². The zero-order valence-electron chi connectivity index (χ0n) is 18.5. The molecule has 0 spiro atoms. The van der Waals surface area contributed by atoms with Crippen molar-refractivity contribution in [2.75, 3.05) is 11.9 Å². The van der Waals surface area contributed by atoms with Gasteiger partial charge in [0.05, 0.1) is 11.7 Å². The lowest BCUT2D eigenvalue weighted by Gasteiger charge is -2.13. The van der Waals surface area contributed by atoms with Gasteiger partial charge in [-0.2, -0.15) is 5.10 Å². The predicted octanol–water partition coefficient (Wildman–Crippen LogP) is 4.36. The minimum absolute atomic E-state index is 0.0286. The van der Waals surface area contributed by atoms with Crippen LogP contribution in [0.15, 0.2) is 66.9 Å². The van der Waals surface area contributed by atoms with Crippen LogP contribution in [0.4, 0.5) is 5.69 Å². The second kappa shape index (κ2) is 9.17. The van der Waals surface area contributed by atoms with E-state index in [0.717, 1.165) is 45.4 Å². The zero-order chi connectivity index (χ0) is 22.8. The van der Waals surface area contributed by atoms with Crippen LogP contribution in [0.25, 0.3) is 22.0 Å². The molecule has 0 atom stereocenters. The van der Waals surface area contributed by atoms with Crippen LogP contribution in [0.2, 0.25) is 0 Å². The number of aliphatic hydroxyl groups is 1. The molecule has 1 heterocycles. The smallest absolute Gasteiger partial charge is 0.255 e. The third-order valence-corrected chi connectivity index (χ3v) is 6.27. The Labute approximate surface area is 193 Å². The van der Waals surface area contributed by atoms with E-state index < -0.39 is 0 Å². The molecule has 0 radical (unpaired) electrons. The number of nitrogens with two attached hydrogens (primary N) is 1. The highest BCUT2D eigenvalue weighted by Crippen LogP contribution is 2.35. The highest BCUT2D eigenvalue weighted by Gasteiger charge is 2.24. The van der Waals surface area contributed by atoms with Crippen LogP contribution < -0.4 is 11.1 Å². The predicted molar refractivity (Wildman–Crippen MR) is 131 cm³/mol. The molecule has 5 rings (SSSR count). The molecule has 0 aliphatic heterocycles. The van der Waals surface area contributed by atoms with E-state index >= 15 is 0 Å². The Bertz CT molecular complexity index is 1310. The summed E-state index contributed by atoms with van der Waals surface area (Å²) >= 11 is 0. The van der Waals surface area contributed by atoms with Crippen molar-refractivity contribution in [1.82, 2.24) is 9.78 Å². The fraction of sp³-hybridized carbons (Fsp3) is 0.259. The van der Waals surface area contributed by atoms with E-state index in [0.29, 0.717) is 24.4 Å². The molecule has 0 saturated heterocycles. The summed E-state index contributed by atoms with van der Waals surface area (Å²) < 4.78 is 2.03. The largest absolute Gasteiger partial charge is 0.396 e. The van der Waals surface area contributed by atoms with Gasteiger partial charge in [0.1, 0.15) is 0 Å². The first-order valence-electron chi connectivity index (χ1n) is 11.5. The van der Waals surface area contributed by atoms with Crippen molar-refractivity contribution >= 4 is 22.5 Å². The Morgan fingerprint density at radius 3 is 2.76 bits per heavy atom. The number of rotatable bonds is 8. The lowest BCUT2D eigenvalue weighted by Crippen LogP contribution is -2.14. The number of benzene rings is 3. The van der Waals surface area contributed by atoms with Crippen LogP contribution in [0.1, 0.15) is 34.3 Å². The first kappa shape index (κ1) is 21.4. The number of nitrogens with zero attached hydrogens (tertiary/aromatic N) is 2. The van der Waals surface area contributed by atoms with Gasteiger partial charge in [0.15, 0.2) is 0 Å². The van der Waals surface area contributed by atoms with Crippen LogP contribution in [-0.4, -0.2) is 27.4 Å². The van der Waals surface area contributed by atoms with E-state index in [4.69, 9.17) is 5.73 Å². The van der Waals surface area contributed by atoms with Gasteiger partial charge in [-0.25, -0.2) is 0 Å². The molecule has 0 unspecified atom stereocenters. The van der Waals surface area contributed by atoms with Gasteiger partial charge in [0.2, 0.25) is 0 Å². The van der Waals surface area contributed by atoms with Gasteiger partial charge in [0, 0.05) is 36.3 Å². The molecule has 1 amide bonds. The Balaban J connectivity index is 1.58. The molecule has 4 aromatic rings. The second-order valence-electron chi connectivity index (χ2n) is 8.72. The summed E-state index contributed by atoms with van der Waals surface area (Å²) in [4.78, 5) is 13.4. The number of hydrogen-bond donors (Lipinski definition) is 3. The van der Waals surface area contributed by atoms with E-state index in [1.54, 1.807) is 0 Å². The summed E-state index contributed by atoms with van der Waals surface area (Å²) in [6.07, 6.45) is 4.85. The Morgan fingerprint density at radius 1 is 1.12 bits per heavy atom. The third-order valence-electron chi connectivity index (χ3n) is 6.27. The minimum Gasteiger partial charge on any atom is -0.396 e. The second-order valence-corrected chi connectivity index (χ2v) is 8.72. The van der Waals surface area contributed by atoms with E-state index in [2.05, 4.69) is 16.5 Å². The summed E-state index contributed by atoms with van der Waals surface area (Å²) in [5.74, 6) is 0.484. The van der Waals surface area contributed by atoms with Gasteiger partial charge in [0.25, 0.3) is 5.91 Å². The van der Waals surface area contributed by atoms with Gasteiger partial charge in [-0.05, 0) is 71.7 Å². The number of amides is 1. The number of para-hydroxylation sites is 1. The summed E-state index contributed by atoms with van der Waals surface area (Å²) in [5, 5.41) is 18.1. The van der Waals surface area contributed by atoms with Crippen molar-refractivity contribution in [2.24, 2.45) is 11.7 Å². The summed E-state index contributed by atoms with van der Waals surface area (Å²) in [6, 6.07) is 19.6. The number of aliphatic hydroxyl groups excluding tert-OH is 1. The molecule has 0 bridgehead atoms. The van der Waals surface area contributed by atoms with Crippen LogP contribution >= 0.6 is 0 Å². The number of anilines is 1. The Hall–Kier alpha value is -3.48. The molecule has 1 aliphatic carbocycles. The van der Waals surface area contributed by atoms with Gasteiger partial charge >= 0.3 is 0 Å². The third kappa shape index (κ3) is 4.53. The fourth-order valence-electron chi connectivity index (χ4n) is 4.28. The lowest BCUT2D eigenvalue weighted by atomic mass is 9.97. The standard InChI is InChI=1S/C27H28N4O2/c28-15-19-4-3-6-21(12-19)23-13-22(14-26-24(23)16-29-31(26)17-18-8-9-18)27(33)30-25-7-2-1-5-20(25)10-11-32/h1-7,12-14,16,18,32H,8-11,15,17,28H2,(H,30,33). The van der Waals surface area contributed by atoms with Crippen molar-refractivity contribution < 1.29 is 9.90 Å². The van der Waals surface area contributed by atoms with Gasteiger partial charge in [-0.1, -0.05) is 36.4 Å². The minimum atomic E-state index is -0.183. The first-order valence-corrected chi connectivity index (χ1v) is 11.5. The van der Waals surface area contributed by atoms with E-state index in [9.17, 15) is 9.90 Å². The van der Waals surface area contributed by atoms with E-state index in [1.807, 2.05) is 65.5 Å². The van der Waals surface area contributed by atoms with Crippen LogP contribution in [0, 0.1) is 5.92 Å². The van der Waals surface area contributed by atoms with Gasteiger partial charge in [-0.15, -0.1) is 0 Å². The van der Waals surface area contributed by atoms with Crippen molar-refractivity contribution in [1.29, 1.82) is 0 Å². The maximum atomic E-state index is 13.4. The van der Waals surface area contributed by atoms with E-state index in [-0.39, 0.29) is 12.5 Å². The first-order chi connectivity index (χ1) is 16.2. The van der Waals surface area contributed by atoms with Crippen LogP contribution in [0.3, 0.4) is 0 Å².